The molecule has 0 unspecified atom stereocenters. The minimum atomic E-state index is -0.278. The molecule has 0 saturated carbocycles. The molecule has 0 aliphatic carbocycles. The summed E-state index contributed by atoms with van der Waals surface area (Å²) in [6.45, 7) is 10.6. The van der Waals surface area contributed by atoms with Crippen LogP contribution < -0.4 is 10.6 Å². The molecule has 0 aromatic heterocycles. The zero-order valence-electron chi connectivity index (χ0n) is 15.2. The zero-order valence-corrected chi connectivity index (χ0v) is 17.5. The number of amides is 2. The monoisotopic (exact) mass is 455 g/mol. The molecular weight excluding hydrogens is 425 g/mol. The second-order valence-electron chi connectivity index (χ2n) is 6.37. The van der Waals surface area contributed by atoms with Gasteiger partial charge in [0.05, 0.1) is 13.2 Å². The van der Waals surface area contributed by atoms with Crippen LogP contribution in [0.4, 0.5) is 4.79 Å². The quantitative estimate of drug-likeness (QED) is 0.375. The molecule has 0 radical (unpaired) electrons. The third-order valence-electron chi connectivity index (χ3n) is 3.24. The number of piperazine rings is 1. The van der Waals surface area contributed by atoms with Crippen LogP contribution in [0.25, 0.3) is 0 Å². The van der Waals surface area contributed by atoms with Crippen molar-refractivity contribution in [1.82, 2.24) is 20.4 Å². The summed E-state index contributed by atoms with van der Waals surface area (Å²) in [7, 11) is 1.68. The van der Waals surface area contributed by atoms with Gasteiger partial charge in [-0.05, 0) is 27.7 Å². The van der Waals surface area contributed by atoms with E-state index in [-0.39, 0.29) is 48.1 Å². The van der Waals surface area contributed by atoms with Crippen molar-refractivity contribution in [2.45, 2.75) is 33.2 Å². The van der Waals surface area contributed by atoms with E-state index in [0.29, 0.717) is 38.7 Å². The zero-order chi connectivity index (χ0) is 17.5. The van der Waals surface area contributed by atoms with Gasteiger partial charge in [-0.2, -0.15) is 0 Å². The number of halogens is 1. The Kier molecular flexibility index (Phi) is 10.0. The van der Waals surface area contributed by atoms with Crippen LogP contribution in [-0.4, -0.2) is 79.7 Å². The van der Waals surface area contributed by atoms with Crippen molar-refractivity contribution in [2.75, 3.05) is 46.4 Å². The highest BCUT2D eigenvalue weighted by molar-refractivity contribution is 14.0. The van der Waals surface area contributed by atoms with Gasteiger partial charge in [0.15, 0.2) is 5.96 Å². The van der Waals surface area contributed by atoms with Crippen LogP contribution in [0.5, 0.6) is 0 Å². The maximum atomic E-state index is 11.9. The first kappa shape index (κ1) is 22.7. The minimum absolute atomic E-state index is 0. The molecule has 24 heavy (non-hydrogen) atoms. The standard InChI is InChI=1S/C15H29N5O3.HI/c1-6-23-14(22)20-9-7-19(8-10-20)13(16-5)17-11-12(21)18-15(2,3)4;/h6-11H2,1-5H3,(H,16,17)(H,18,21);1H. The topological polar surface area (TPSA) is 86.3 Å². The molecule has 1 aliphatic heterocycles. The number of rotatable bonds is 3. The molecule has 1 aliphatic rings. The van der Waals surface area contributed by atoms with E-state index in [4.69, 9.17) is 4.74 Å². The predicted octanol–water partition coefficient (Wildman–Crippen LogP) is 0.869. The largest absolute Gasteiger partial charge is 0.450 e. The third-order valence-corrected chi connectivity index (χ3v) is 3.24. The van der Waals surface area contributed by atoms with Crippen LogP contribution in [0.15, 0.2) is 4.99 Å². The summed E-state index contributed by atoms with van der Waals surface area (Å²) < 4.78 is 5.00. The summed E-state index contributed by atoms with van der Waals surface area (Å²) in [4.78, 5) is 31.4. The molecule has 0 spiro atoms. The molecule has 0 aromatic carbocycles. The Morgan fingerprint density at radius 3 is 2.12 bits per heavy atom. The van der Waals surface area contributed by atoms with Crippen LogP contribution in [-0.2, 0) is 9.53 Å². The fraction of sp³-hybridized carbons (Fsp3) is 0.800. The van der Waals surface area contributed by atoms with Crippen molar-refractivity contribution in [1.29, 1.82) is 0 Å². The van der Waals surface area contributed by atoms with E-state index in [9.17, 15) is 9.59 Å². The summed E-state index contributed by atoms with van der Waals surface area (Å²) in [5.74, 6) is 0.585. The Balaban J connectivity index is 0.00000529. The molecule has 9 heteroatoms. The molecular formula is C15H30IN5O3. The number of hydrogen-bond donors (Lipinski definition) is 2. The average molecular weight is 455 g/mol. The van der Waals surface area contributed by atoms with E-state index in [1.807, 2.05) is 25.7 Å². The molecule has 1 heterocycles. The van der Waals surface area contributed by atoms with Gasteiger partial charge in [-0.1, -0.05) is 0 Å². The van der Waals surface area contributed by atoms with Crippen LogP contribution in [0.2, 0.25) is 0 Å². The summed E-state index contributed by atoms with van der Waals surface area (Å²) in [6, 6.07) is 0. The van der Waals surface area contributed by atoms with E-state index in [1.54, 1.807) is 18.9 Å². The van der Waals surface area contributed by atoms with Crippen molar-refractivity contribution in [3.8, 4) is 0 Å². The molecule has 2 N–H and O–H groups in total. The van der Waals surface area contributed by atoms with Crippen LogP contribution in [0.3, 0.4) is 0 Å². The second kappa shape index (κ2) is 10.6. The Morgan fingerprint density at radius 1 is 1.12 bits per heavy atom. The van der Waals surface area contributed by atoms with Gasteiger partial charge in [0.25, 0.3) is 0 Å². The second-order valence-corrected chi connectivity index (χ2v) is 6.37. The SMILES string of the molecule is CCOC(=O)N1CCN(C(=NC)NCC(=O)NC(C)(C)C)CC1.I. The van der Waals surface area contributed by atoms with Crippen LogP contribution in [0.1, 0.15) is 27.7 Å². The molecule has 0 atom stereocenters. The van der Waals surface area contributed by atoms with Gasteiger partial charge in [0.2, 0.25) is 5.91 Å². The number of aliphatic imine (C=N–C) groups is 1. The maximum absolute atomic E-state index is 11.9. The van der Waals surface area contributed by atoms with Gasteiger partial charge in [-0.25, -0.2) is 4.79 Å². The summed E-state index contributed by atoms with van der Waals surface area (Å²) >= 11 is 0. The lowest BCUT2D eigenvalue weighted by atomic mass is 10.1. The number of guanidine groups is 1. The maximum Gasteiger partial charge on any atom is 0.409 e. The van der Waals surface area contributed by atoms with Crippen molar-refractivity contribution in [2.24, 2.45) is 4.99 Å². The highest BCUT2D eigenvalue weighted by Gasteiger charge is 2.24. The molecule has 8 nitrogen and oxygen atoms in total. The first-order valence-electron chi connectivity index (χ1n) is 7.95. The fourth-order valence-corrected chi connectivity index (χ4v) is 2.27. The van der Waals surface area contributed by atoms with Crippen molar-refractivity contribution in [3.05, 3.63) is 0 Å². The molecule has 140 valence electrons. The molecule has 2 amide bonds. The molecule has 1 rings (SSSR count). The summed E-state index contributed by atoms with van der Waals surface area (Å²) in [5.41, 5.74) is -0.256. The Morgan fingerprint density at radius 2 is 1.67 bits per heavy atom. The van der Waals surface area contributed by atoms with E-state index < -0.39 is 0 Å². The molecule has 1 fully saturated rings. The molecule has 0 bridgehead atoms. The van der Waals surface area contributed by atoms with E-state index >= 15 is 0 Å². The van der Waals surface area contributed by atoms with Gasteiger partial charge in [-0.3, -0.25) is 9.79 Å². The van der Waals surface area contributed by atoms with E-state index in [2.05, 4.69) is 15.6 Å². The van der Waals surface area contributed by atoms with Crippen molar-refractivity contribution >= 4 is 41.9 Å². The van der Waals surface area contributed by atoms with Gasteiger partial charge in [-0.15, -0.1) is 24.0 Å². The Labute approximate surface area is 161 Å². The number of carbonyl (C=O) groups excluding carboxylic acids is 2. The molecule has 0 aromatic rings. The van der Waals surface area contributed by atoms with Gasteiger partial charge in [0, 0.05) is 38.8 Å². The predicted molar refractivity (Wildman–Crippen MR) is 105 cm³/mol. The van der Waals surface area contributed by atoms with E-state index in [0.717, 1.165) is 0 Å². The number of ether oxygens (including phenoxy) is 1. The van der Waals surface area contributed by atoms with Gasteiger partial charge in [0.1, 0.15) is 0 Å². The Bertz CT molecular complexity index is 443. The fourth-order valence-electron chi connectivity index (χ4n) is 2.27. The lowest BCUT2D eigenvalue weighted by molar-refractivity contribution is -0.121. The first-order valence-corrected chi connectivity index (χ1v) is 7.95. The third kappa shape index (κ3) is 8.02. The lowest BCUT2D eigenvalue weighted by Gasteiger charge is -2.35. The van der Waals surface area contributed by atoms with Crippen LogP contribution >= 0.6 is 24.0 Å². The van der Waals surface area contributed by atoms with Crippen molar-refractivity contribution in [3.63, 3.8) is 0 Å². The number of hydrogen-bond acceptors (Lipinski definition) is 4. The highest BCUT2D eigenvalue weighted by Crippen LogP contribution is 2.04. The lowest BCUT2D eigenvalue weighted by Crippen LogP contribution is -2.55. The first-order chi connectivity index (χ1) is 10.8. The van der Waals surface area contributed by atoms with Gasteiger partial charge < -0.3 is 25.2 Å². The van der Waals surface area contributed by atoms with Gasteiger partial charge >= 0.3 is 6.09 Å². The number of nitrogens with zero attached hydrogens (tertiary/aromatic N) is 3. The minimum Gasteiger partial charge on any atom is -0.450 e. The Hall–Kier alpha value is -1.26. The highest BCUT2D eigenvalue weighted by atomic mass is 127. The van der Waals surface area contributed by atoms with Crippen molar-refractivity contribution < 1.29 is 14.3 Å². The smallest absolute Gasteiger partial charge is 0.409 e. The summed E-state index contributed by atoms with van der Waals surface area (Å²) in [5, 5.41) is 5.95. The molecule has 1 saturated heterocycles. The normalized spacial score (nSPS) is 15.5. The average Bonchev–Trinajstić information content (AvgIpc) is 2.47. The summed E-state index contributed by atoms with van der Waals surface area (Å²) in [6.07, 6.45) is -0.278. The number of carbonyl (C=O) groups is 2. The van der Waals surface area contributed by atoms with E-state index in [1.165, 1.54) is 0 Å². The van der Waals surface area contributed by atoms with Crippen LogP contribution in [0, 0.1) is 0 Å². The number of nitrogens with one attached hydrogen (secondary N) is 2.